The van der Waals surface area contributed by atoms with Gasteiger partial charge in [0.1, 0.15) is 12.1 Å². The maximum Gasteiger partial charge on any atom is 0.129 e. The van der Waals surface area contributed by atoms with Gasteiger partial charge in [-0.1, -0.05) is 29.8 Å². The summed E-state index contributed by atoms with van der Waals surface area (Å²) in [5.41, 5.74) is 2.53. The van der Waals surface area contributed by atoms with E-state index < -0.39 is 0 Å². The van der Waals surface area contributed by atoms with Crippen molar-refractivity contribution in [1.29, 1.82) is 0 Å². The lowest BCUT2D eigenvalue weighted by atomic mass is 10.1. The maximum absolute atomic E-state index is 4.14. The molecular weight excluding hydrogens is 198 g/mol. The normalized spacial score (nSPS) is 12.1. The highest BCUT2D eigenvalue weighted by Crippen LogP contribution is 2.17. The molecule has 0 aliphatic rings. The van der Waals surface area contributed by atoms with Crippen LogP contribution in [0, 0.1) is 6.92 Å². The molecule has 0 aliphatic carbocycles. The van der Waals surface area contributed by atoms with Crippen LogP contribution in [0.15, 0.2) is 42.9 Å². The van der Waals surface area contributed by atoms with Gasteiger partial charge in [-0.2, -0.15) is 0 Å². The second-order valence-corrected chi connectivity index (χ2v) is 3.87. The van der Waals surface area contributed by atoms with Gasteiger partial charge >= 0.3 is 0 Å². The van der Waals surface area contributed by atoms with Crippen molar-refractivity contribution in [2.75, 3.05) is 5.32 Å². The molecule has 1 unspecified atom stereocenters. The molecule has 0 spiro atoms. The van der Waals surface area contributed by atoms with Crippen molar-refractivity contribution < 1.29 is 0 Å². The highest BCUT2D eigenvalue weighted by molar-refractivity contribution is 5.36. The Hall–Kier alpha value is -1.90. The number of hydrogen-bond acceptors (Lipinski definition) is 3. The number of rotatable bonds is 3. The quantitative estimate of drug-likeness (QED) is 0.851. The number of nitrogens with one attached hydrogen (secondary N) is 1. The summed E-state index contributed by atoms with van der Waals surface area (Å²) in [5.74, 6) is 0.850. The summed E-state index contributed by atoms with van der Waals surface area (Å²) in [6.07, 6.45) is 3.28. The van der Waals surface area contributed by atoms with Crippen LogP contribution in [-0.4, -0.2) is 9.97 Å². The number of benzene rings is 1. The van der Waals surface area contributed by atoms with Crippen LogP contribution in [-0.2, 0) is 0 Å². The van der Waals surface area contributed by atoms with Gasteiger partial charge in [0.25, 0.3) is 0 Å². The molecule has 0 saturated carbocycles. The predicted octanol–water partition coefficient (Wildman–Crippen LogP) is 2.96. The van der Waals surface area contributed by atoms with Crippen molar-refractivity contribution in [3.63, 3.8) is 0 Å². The predicted molar refractivity (Wildman–Crippen MR) is 65.2 cm³/mol. The van der Waals surface area contributed by atoms with Gasteiger partial charge in [0.05, 0.1) is 0 Å². The summed E-state index contributed by atoms with van der Waals surface area (Å²) in [5, 5.41) is 3.33. The maximum atomic E-state index is 4.14. The Bertz CT molecular complexity index is 436. The van der Waals surface area contributed by atoms with E-state index in [1.807, 2.05) is 6.07 Å². The highest BCUT2D eigenvalue weighted by Gasteiger charge is 2.04. The molecule has 1 N–H and O–H groups in total. The molecule has 1 aromatic heterocycles. The van der Waals surface area contributed by atoms with Crippen LogP contribution < -0.4 is 5.32 Å². The molecule has 0 bridgehead atoms. The molecule has 0 fully saturated rings. The first kappa shape index (κ1) is 10.6. The minimum Gasteiger partial charge on any atom is -0.363 e. The van der Waals surface area contributed by atoms with Gasteiger partial charge in [0, 0.05) is 12.2 Å². The van der Waals surface area contributed by atoms with Crippen molar-refractivity contribution in [2.24, 2.45) is 0 Å². The van der Waals surface area contributed by atoms with Gasteiger partial charge in [-0.15, -0.1) is 0 Å². The van der Waals surface area contributed by atoms with E-state index in [-0.39, 0.29) is 6.04 Å². The van der Waals surface area contributed by atoms with E-state index in [2.05, 4.69) is 53.4 Å². The lowest BCUT2D eigenvalue weighted by Gasteiger charge is -2.14. The van der Waals surface area contributed by atoms with E-state index >= 15 is 0 Å². The fourth-order valence-corrected chi connectivity index (χ4v) is 1.54. The second-order valence-electron chi connectivity index (χ2n) is 3.87. The third-order valence-corrected chi connectivity index (χ3v) is 2.52. The zero-order chi connectivity index (χ0) is 11.4. The van der Waals surface area contributed by atoms with Gasteiger partial charge < -0.3 is 5.32 Å². The summed E-state index contributed by atoms with van der Waals surface area (Å²) >= 11 is 0. The first-order valence-electron chi connectivity index (χ1n) is 5.35. The van der Waals surface area contributed by atoms with E-state index in [1.165, 1.54) is 11.1 Å². The Labute approximate surface area is 95.6 Å². The Morgan fingerprint density at radius 1 is 1.12 bits per heavy atom. The third-order valence-electron chi connectivity index (χ3n) is 2.52. The molecule has 16 heavy (non-hydrogen) atoms. The molecule has 0 saturated heterocycles. The van der Waals surface area contributed by atoms with Gasteiger partial charge in [-0.3, -0.25) is 0 Å². The van der Waals surface area contributed by atoms with Crippen molar-refractivity contribution >= 4 is 5.82 Å². The smallest absolute Gasteiger partial charge is 0.129 e. The van der Waals surface area contributed by atoms with E-state index in [9.17, 15) is 0 Å². The lowest BCUT2D eigenvalue weighted by Crippen LogP contribution is -2.07. The zero-order valence-electron chi connectivity index (χ0n) is 9.51. The number of nitrogens with zero attached hydrogens (tertiary/aromatic N) is 2. The van der Waals surface area contributed by atoms with Gasteiger partial charge in [0.2, 0.25) is 0 Å². The van der Waals surface area contributed by atoms with Crippen molar-refractivity contribution in [3.05, 3.63) is 54.0 Å². The Morgan fingerprint density at radius 3 is 2.50 bits per heavy atom. The van der Waals surface area contributed by atoms with Gasteiger partial charge in [-0.25, -0.2) is 9.97 Å². The third kappa shape index (κ3) is 2.57. The largest absolute Gasteiger partial charge is 0.363 e. The molecule has 3 nitrogen and oxygen atoms in total. The number of aryl methyl sites for hydroxylation is 1. The molecule has 3 heteroatoms. The van der Waals surface area contributed by atoms with Crippen molar-refractivity contribution in [2.45, 2.75) is 19.9 Å². The van der Waals surface area contributed by atoms with Crippen LogP contribution in [0.5, 0.6) is 0 Å². The lowest BCUT2D eigenvalue weighted by molar-refractivity contribution is 0.871. The molecule has 2 rings (SSSR count). The number of aromatic nitrogens is 2. The fraction of sp³-hybridized carbons (Fsp3) is 0.231. The minimum atomic E-state index is 0.246. The van der Waals surface area contributed by atoms with Crippen molar-refractivity contribution in [3.8, 4) is 0 Å². The summed E-state index contributed by atoms with van der Waals surface area (Å²) in [6, 6.07) is 10.6. The minimum absolute atomic E-state index is 0.246. The Kier molecular flexibility index (Phi) is 3.15. The Balaban J connectivity index is 2.09. The first-order chi connectivity index (χ1) is 7.75. The average molecular weight is 213 g/mol. The van der Waals surface area contributed by atoms with E-state index in [0.717, 1.165) is 5.82 Å². The molecule has 0 amide bonds. The van der Waals surface area contributed by atoms with E-state index in [4.69, 9.17) is 0 Å². The van der Waals surface area contributed by atoms with E-state index in [0.29, 0.717) is 0 Å². The molecule has 82 valence electrons. The topological polar surface area (TPSA) is 37.8 Å². The summed E-state index contributed by atoms with van der Waals surface area (Å²) in [7, 11) is 0. The molecule has 0 radical (unpaired) electrons. The molecule has 1 atom stereocenters. The monoisotopic (exact) mass is 213 g/mol. The highest BCUT2D eigenvalue weighted by atomic mass is 15.0. The number of hydrogen-bond donors (Lipinski definition) is 1. The van der Waals surface area contributed by atoms with Gasteiger partial charge in [0.15, 0.2) is 0 Å². The van der Waals surface area contributed by atoms with Crippen LogP contribution in [0.2, 0.25) is 0 Å². The average Bonchev–Trinajstić information content (AvgIpc) is 2.31. The summed E-state index contributed by atoms with van der Waals surface area (Å²) in [6.45, 7) is 4.21. The van der Waals surface area contributed by atoms with Crippen LogP contribution in [0.25, 0.3) is 0 Å². The fourth-order valence-electron chi connectivity index (χ4n) is 1.54. The molecule has 1 heterocycles. The molecule has 0 aliphatic heterocycles. The molecule has 1 aromatic carbocycles. The van der Waals surface area contributed by atoms with E-state index in [1.54, 1.807) is 12.5 Å². The van der Waals surface area contributed by atoms with Crippen LogP contribution in [0.4, 0.5) is 5.82 Å². The van der Waals surface area contributed by atoms with Crippen molar-refractivity contribution in [1.82, 2.24) is 9.97 Å². The molecule has 2 aromatic rings. The second kappa shape index (κ2) is 4.75. The zero-order valence-corrected chi connectivity index (χ0v) is 9.51. The van der Waals surface area contributed by atoms with Gasteiger partial charge in [-0.05, 0) is 25.5 Å². The SMILES string of the molecule is Cc1ccc(C(C)Nc2ccncn2)cc1. The summed E-state index contributed by atoms with van der Waals surface area (Å²) < 4.78 is 0. The Morgan fingerprint density at radius 2 is 1.88 bits per heavy atom. The van der Waals surface area contributed by atoms with Crippen LogP contribution in [0.3, 0.4) is 0 Å². The molecular formula is C13H15N3. The van der Waals surface area contributed by atoms with Crippen LogP contribution in [0.1, 0.15) is 24.1 Å². The summed E-state index contributed by atoms with van der Waals surface area (Å²) in [4.78, 5) is 8.03. The standard InChI is InChI=1S/C13H15N3/c1-10-3-5-12(6-4-10)11(2)16-13-7-8-14-9-15-13/h3-9,11H,1-2H3,(H,14,15,16). The van der Waals surface area contributed by atoms with Crippen LogP contribution >= 0.6 is 0 Å². The first-order valence-corrected chi connectivity index (χ1v) is 5.35. The number of anilines is 1.